The molecular weight excluding hydrogens is 311 g/mol. The van der Waals surface area contributed by atoms with Crippen molar-refractivity contribution in [2.24, 2.45) is 0 Å². The Kier molecular flexibility index (Phi) is 4.83. The maximum absolute atomic E-state index is 12.1. The molecule has 4 nitrogen and oxygen atoms in total. The van der Waals surface area contributed by atoms with Crippen LogP contribution < -0.4 is 10.6 Å². The predicted octanol–water partition coefficient (Wildman–Crippen LogP) is 4.20. The van der Waals surface area contributed by atoms with E-state index in [1.165, 1.54) is 13.0 Å². The maximum atomic E-state index is 12.1. The first-order valence-corrected chi connectivity index (χ1v) is 6.85. The number of nitrogens with one attached hydrogen (secondary N) is 2. The van der Waals surface area contributed by atoms with Gasteiger partial charge in [0.15, 0.2) is 0 Å². The van der Waals surface area contributed by atoms with E-state index < -0.39 is 0 Å². The Bertz CT molecular complexity index is 685. The van der Waals surface area contributed by atoms with Crippen LogP contribution in [0.2, 0.25) is 10.0 Å². The number of carbonyl (C=O) groups is 2. The molecule has 2 aromatic carbocycles. The molecule has 0 heterocycles. The summed E-state index contributed by atoms with van der Waals surface area (Å²) in [7, 11) is 0. The number of hydrogen-bond donors (Lipinski definition) is 2. The number of rotatable bonds is 3. The molecule has 0 radical (unpaired) electrons. The van der Waals surface area contributed by atoms with Crippen LogP contribution in [0.1, 0.15) is 17.3 Å². The first-order valence-electron chi connectivity index (χ1n) is 6.10. The van der Waals surface area contributed by atoms with Crippen molar-refractivity contribution in [2.45, 2.75) is 6.92 Å². The highest BCUT2D eigenvalue weighted by atomic mass is 35.5. The van der Waals surface area contributed by atoms with E-state index in [-0.39, 0.29) is 16.8 Å². The first kappa shape index (κ1) is 15.4. The summed E-state index contributed by atoms with van der Waals surface area (Å²) in [5.74, 6) is -0.483. The molecule has 0 aliphatic rings. The zero-order valence-corrected chi connectivity index (χ0v) is 12.6. The largest absolute Gasteiger partial charge is 0.326 e. The molecule has 2 aromatic rings. The van der Waals surface area contributed by atoms with Gasteiger partial charge in [-0.2, -0.15) is 0 Å². The lowest BCUT2D eigenvalue weighted by atomic mass is 10.2. The topological polar surface area (TPSA) is 58.2 Å². The molecular formula is C15H12Cl2N2O2. The van der Waals surface area contributed by atoms with E-state index in [2.05, 4.69) is 10.6 Å². The third-order valence-electron chi connectivity index (χ3n) is 2.64. The fraction of sp³-hybridized carbons (Fsp3) is 0.0667. The van der Waals surface area contributed by atoms with Crippen LogP contribution in [0.25, 0.3) is 0 Å². The molecule has 0 bridgehead atoms. The van der Waals surface area contributed by atoms with Gasteiger partial charge in [0.1, 0.15) is 0 Å². The van der Waals surface area contributed by atoms with Gasteiger partial charge < -0.3 is 10.6 Å². The van der Waals surface area contributed by atoms with Gasteiger partial charge in [-0.25, -0.2) is 0 Å². The summed E-state index contributed by atoms with van der Waals surface area (Å²) in [6.07, 6.45) is 0. The molecule has 0 atom stereocenters. The van der Waals surface area contributed by atoms with Crippen molar-refractivity contribution in [3.8, 4) is 0 Å². The Morgan fingerprint density at radius 3 is 2.00 bits per heavy atom. The lowest BCUT2D eigenvalue weighted by Gasteiger charge is -2.08. The molecule has 6 heteroatoms. The molecule has 0 unspecified atom stereocenters. The van der Waals surface area contributed by atoms with Crippen molar-refractivity contribution in [2.75, 3.05) is 10.6 Å². The zero-order chi connectivity index (χ0) is 15.4. The first-order chi connectivity index (χ1) is 9.95. The second-order valence-electron chi connectivity index (χ2n) is 4.34. The average molecular weight is 323 g/mol. The molecule has 0 spiro atoms. The Morgan fingerprint density at radius 2 is 1.48 bits per heavy atom. The van der Waals surface area contributed by atoms with Crippen LogP contribution in [0.3, 0.4) is 0 Å². The summed E-state index contributed by atoms with van der Waals surface area (Å²) in [5, 5.41) is 6.12. The number of amides is 2. The van der Waals surface area contributed by atoms with Crippen LogP contribution in [-0.2, 0) is 4.79 Å². The number of anilines is 2. The molecule has 21 heavy (non-hydrogen) atoms. The van der Waals surface area contributed by atoms with E-state index in [0.29, 0.717) is 22.0 Å². The van der Waals surface area contributed by atoms with Crippen molar-refractivity contribution in [1.82, 2.24) is 0 Å². The summed E-state index contributed by atoms with van der Waals surface area (Å²) >= 11 is 11.8. The molecule has 0 saturated heterocycles. The van der Waals surface area contributed by atoms with Crippen LogP contribution in [0.4, 0.5) is 11.4 Å². The minimum Gasteiger partial charge on any atom is -0.326 e. The molecule has 0 aromatic heterocycles. The molecule has 0 aliphatic heterocycles. The smallest absolute Gasteiger partial charge is 0.257 e. The highest BCUT2D eigenvalue weighted by Gasteiger charge is 2.11. The summed E-state index contributed by atoms with van der Waals surface area (Å²) in [6, 6.07) is 11.4. The normalized spacial score (nSPS) is 10.0. The van der Waals surface area contributed by atoms with Crippen molar-refractivity contribution in [3.05, 3.63) is 58.1 Å². The Labute approximate surface area is 132 Å². The lowest BCUT2D eigenvalue weighted by molar-refractivity contribution is -0.114. The Balaban J connectivity index is 2.10. The van der Waals surface area contributed by atoms with Crippen LogP contribution >= 0.6 is 23.2 Å². The zero-order valence-electron chi connectivity index (χ0n) is 11.1. The van der Waals surface area contributed by atoms with E-state index in [1.807, 2.05) is 0 Å². The second kappa shape index (κ2) is 6.61. The van der Waals surface area contributed by atoms with Crippen LogP contribution in [0, 0.1) is 0 Å². The molecule has 2 amide bonds. The van der Waals surface area contributed by atoms with Crippen LogP contribution in [0.15, 0.2) is 42.5 Å². The Morgan fingerprint density at radius 1 is 0.905 bits per heavy atom. The minimum absolute atomic E-state index is 0.153. The van der Waals surface area contributed by atoms with Crippen molar-refractivity contribution in [3.63, 3.8) is 0 Å². The number of hydrogen-bond acceptors (Lipinski definition) is 2. The highest BCUT2D eigenvalue weighted by Crippen LogP contribution is 2.22. The molecule has 0 aliphatic carbocycles. The van der Waals surface area contributed by atoms with Crippen LogP contribution in [-0.4, -0.2) is 11.8 Å². The average Bonchev–Trinajstić information content (AvgIpc) is 2.40. The Hall–Kier alpha value is -2.04. The maximum Gasteiger partial charge on any atom is 0.257 e. The van der Waals surface area contributed by atoms with E-state index in [0.717, 1.165) is 0 Å². The van der Waals surface area contributed by atoms with Crippen LogP contribution in [0.5, 0.6) is 0 Å². The van der Waals surface area contributed by atoms with E-state index in [9.17, 15) is 9.59 Å². The van der Waals surface area contributed by atoms with Gasteiger partial charge >= 0.3 is 0 Å². The monoisotopic (exact) mass is 322 g/mol. The number of carbonyl (C=O) groups excluding carboxylic acids is 2. The van der Waals surface area contributed by atoms with Gasteiger partial charge in [-0.1, -0.05) is 23.2 Å². The summed E-state index contributed by atoms with van der Waals surface area (Å²) < 4.78 is 0. The molecule has 0 fully saturated rings. The summed E-state index contributed by atoms with van der Waals surface area (Å²) in [6.45, 7) is 1.43. The lowest BCUT2D eigenvalue weighted by Crippen LogP contribution is -2.12. The second-order valence-corrected chi connectivity index (χ2v) is 5.18. The minimum atomic E-state index is -0.330. The van der Waals surface area contributed by atoms with Gasteiger partial charge in [-0.15, -0.1) is 0 Å². The van der Waals surface area contributed by atoms with Gasteiger partial charge in [0.2, 0.25) is 5.91 Å². The van der Waals surface area contributed by atoms with Gasteiger partial charge in [0.05, 0.1) is 10.6 Å². The van der Waals surface area contributed by atoms with Crippen molar-refractivity contribution >= 4 is 46.4 Å². The van der Waals surface area contributed by atoms with Crippen molar-refractivity contribution < 1.29 is 9.59 Å². The summed E-state index contributed by atoms with van der Waals surface area (Å²) in [5.41, 5.74) is 1.59. The van der Waals surface area contributed by atoms with Crippen molar-refractivity contribution in [1.29, 1.82) is 0 Å². The van der Waals surface area contributed by atoms with Gasteiger partial charge in [0, 0.05) is 23.3 Å². The SMILES string of the molecule is CC(=O)Nc1ccc(NC(=O)c2ccc(Cl)cc2Cl)cc1. The van der Waals surface area contributed by atoms with Gasteiger partial charge in [-0.05, 0) is 42.5 Å². The van der Waals surface area contributed by atoms with Gasteiger partial charge in [-0.3, -0.25) is 9.59 Å². The number of halogens is 2. The molecule has 2 rings (SSSR count). The standard InChI is InChI=1S/C15H12Cl2N2O2/c1-9(20)18-11-3-5-12(6-4-11)19-15(21)13-7-2-10(16)8-14(13)17/h2-8H,1H3,(H,18,20)(H,19,21). The van der Waals surface area contributed by atoms with E-state index in [1.54, 1.807) is 36.4 Å². The fourth-order valence-corrected chi connectivity index (χ4v) is 2.21. The quantitative estimate of drug-likeness (QED) is 0.889. The third kappa shape index (κ3) is 4.21. The predicted molar refractivity (Wildman–Crippen MR) is 85.2 cm³/mol. The number of benzene rings is 2. The third-order valence-corrected chi connectivity index (χ3v) is 3.19. The molecule has 0 saturated carbocycles. The van der Waals surface area contributed by atoms with E-state index >= 15 is 0 Å². The van der Waals surface area contributed by atoms with Gasteiger partial charge in [0.25, 0.3) is 5.91 Å². The van der Waals surface area contributed by atoms with E-state index in [4.69, 9.17) is 23.2 Å². The molecule has 108 valence electrons. The fourth-order valence-electron chi connectivity index (χ4n) is 1.71. The summed E-state index contributed by atoms with van der Waals surface area (Å²) in [4.78, 5) is 23.0. The molecule has 2 N–H and O–H groups in total. The highest BCUT2D eigenvalue weighted by molar-refractivity contribution is 6.37.